The summed E-state index contributed by atoms with van der Waals surface area (Å²) in [5.74, 6) is 1.49. The first-order valence-corrected chi connectivity index (χ1v) is 13.2. The van der Waals surface area contributed by atoms with Gasteiger partial charge in [0.1, 0.15) is 15.8 Å². The SMILES string of the molecule is C[C@H]1C[C@H](C)CN(c2nc3ccccn3c(=O)c2/C=C2/SC(=S)N(CCc3ccccc3)C2=O)C1. The summed E-state index contributed by atoms with van der Waals surface area (Å²) in [5.41, 5.74) is 2.02. The van der Waals surface area contributed by atoms with Gasteiger partial charge in [0.2, 0.25) is 0 Å². The third-order valence-electron chi connectivity index (χ3n) is 6.53. The Morgan fingerprint density at radius 3 is 2.51 bits per heavy atom. The zero-order valence-electron chi connectivity index (χ0n) is 19.9. The van der Waals surface area contributed by atoms with Crippen LogP contribution in [0.5, 0.6) is 0 Å². The predicted molar refractivity (Wildman–Crippen MR) is 147 cm³/mol. The summed E-state index contributed by atoms with van der Waals surface area (Å²) < 4.78 is 2.07. The maximum absolute atomic E-state index is 13.6. The molecule has 0 bridgehead atoms. The standard InChI is InChI=1S/C27H28N4O2S2/c1-18-14-19(2)17-29(16-18)24-21(25(32)30-12-7-6-10-23(30)28-24)15-22-26(33)31(27(34)35-22)13-11-20-8-4-3-5-9-20/h3-10,12,15,18-19H,11,13-14,16-17H2,1-2H3/b22-15+/t18-,19-/m0/s1. The minimum absolute atomic E-state index is 0.153. The number of carbonyl (C=O) groups is 1. The number of anilines is 1. The molecule has 4 heterocycles. The van der Waals surface area contributed by atoms with Crippen molar-refractivity contribution in [2.45, 2.75) is 26.7 Å². The molecule has 2 atom stereocenters. The molecule has 0 unspecified atom stereocenters. The number of amides is 1. The van der Waals surface area contributed by atoms with Crippen LogP contribution in [0.4, 0.5) is 5.82 Å². The lowest BCUT2D eigenvalue weighted by Crippen LogP contribution is -2.40. The molecular weight excluding hydrogens is 476 g/mol. The number of pyridine rings is 1. The lowest BCUT2D eigenvalue weighted by Gasteiger charge is -2.36. The van der Waals surface area contributed by atoms with Crippen LogP contribution in [0.2, 0.25) is 0 Å². The third-order valence-corrected chi connectivity index (χ3v) is 7.91. The normalized spacial score (nSPS) is 21.9. The van der Waals surface area contributed by atoms with Crippen molar-refractivity contribution in [2.24, 2.45) is 11.8 Å². The van der Waals surface area contributed by atoms with Gasteiger partial charge in [-0.05, 0) is 48.4 Å². The molecule has 2 fully saturated rings. The van der Waals surface area contributed by atoms with Gasteiger partial charge in [-0.2, -0.15) is 0 Å². The van der Waals surface area contributed by atoms with Crippen LogP contribution in [0, 0.1) is 11.8 Å². The van der Waals surface area contributed by atoms with E-state index in [0.717, 1.165) is 31.5 Å². The van der Waals surface area contributed by atoms with Crippen LogP contribution in [0.15, 0.2) is 64.4 Å². The highest BCUT2D eigenvalue weighted by molar-refractivity contribution is 8.26. The summed E-state index contributed by atoms with van der Waals surface area (Å²) in [4.78, 5) is 36.1. The van der Waals surface area contributed by atoms with E-state index in [-0.39, 0.29) is 11.5 Å². The highest BCUT2D eigenvalue weighted by Gasteiger charge is 2.33. The van der Waals surface area contributed by atoms with Crippen molar-refractivity contribution in [1.82, 2.24) is 14.3 Å². The van der Waals surface area contributed by atoms with Crippen molar-refractivity contribution in [1.29, 1.82) is 0 Å². The van der Waals surface area contributed by atoms with E-state index in [4.69, 9.17) is 17.2 Å². The van der Waals surface area contributed by atoms with Crippen LogP contribution >= 0.6 is 24.0 Å². The topological polar surface area (TPSA) is 57.9 Å². The number of thiocarbonyl (C=S) groups is 1. The van der Waals surface area contributed by atoms with E-state index in [1.54, 1.807) is 21.6 Å². The van der Waals surface area contributed by atoms with E-state index in [1.165, 1.54) is 11.8 Å². The Labute approximate surface area is 214 Å². The Kier molecular flexibility index (Phi) is 6.75. The molecule has 0 spiro atoms. The lowest BCUT2D eigenvalue weighted by atomic mass is 9.91. The minimum Gasteiger partial charge on any atom is -0.355 e. The first-order chi connectivity index (χ1) is 16.9. The van der Waals surface area contributed by atoms with E-state index >= 15 is 0 Å². The van der Waals surface area contributed by atoms with Crippen molar-refractivity contribution in [3.05, 3.63) is 81.1 Å². The number of piperidine rings is 1. The first-order valence-electron chi connectivity index (χ1n) is 12.0. The molecule has 0 aliphatic carbocycles. The highest BCUT2D eigenvalue weighted by Crippen LogP contribution is 2.34. The molecule has 0 saturated carbocycles. The summed E-state index contributed by atoms with van der Waals surface area (Å²) in [6.07, 6.45) is 5.29. The van der Waals surface area contributed by atoms with Crippen LogP contribution in [-0.4, -0.2) is 44.1 Å². The average Bonchev–Trinajstić information content (AvgIpc) is 3.11. The fourth-order valence-corrected chi connectivity index (χ4v) is 6.29. The zero-order chi connectivity index (χ0) is 24.5. The summed E-state index contributed by atoms with van der Waals surface area (Å²) in [7, 11) is 0. The second-order valence-corrected chi connectivity index (χ2v) is 11.2. The Bertz CT molecular complexity index is 1360. The molecule has 6 nitrogen and oxygen atoms in total. The van der Waals surface area contributed by atoms with Gasteiger partial charge in [-0.15, -0.1) is 0 Å². The molecule has 8 heteroatoms. The van der Waals surface area contributed by atoms with Crippen LogP contribution in [-0.2, 0) is 11.2 Å². The molecule has 180 valence electrons. The molecule has 2 saturated heterocycles. The second-order valence-electron chi connectivity index (χ2n) is 9.50. The van der Waals surface area contributed by atoms with Crippen LogP contribution in [0.1, 0.15) is 31.4 Å². The van der Waals surface area contributed by atoms with E-state index < -0.39 is 0 Å². The lowest BCUT2D eigenvalue weighted by molar-refractivity contribution is -0.122. The number of aromatic nitrogens is 2. The van der Waals surface area contributed by atoms with Gasteiger partial charge in [0.25, 0.3) is 11.5 Å². The number of nitrogens with zero attached hydrogens (tertiary/aromatic N) is 4. The van der Waals surface area contributed by atoms with E-state index in [2.05, 4.69) is 18.7 Å². The summed E-state index contributed by atoms with van der Waals surface area (Å²) in [6.45, 7) is 6.63. The molecule has 35 heavy (non-hydrogen) atoms. The summed E-state index contributed by atoms with van der Waals surface area (Å²) >= 11 is 6.80. The number of carbonyl (C=O) groups excluding carboxylic acids is 1. The van der Waals surface area contributed by atoms with Crippen molar-refractivity contribution in [3.63, 3.8) is 0 Å². The Morgan fingerprint density at radius 2 is 1.77 bits per heavy atom. The fraction of sp³-hybridized carbons (Fsp3) is 0.333. The molecule has 1 aromatic carbocycles. The monoisotopic (exact) mass is 504 g/mol. The first kappa shape index (κ1) is 23.8. The summed E-state index contributed by atoms with van der Waals surface area (Å²) in [6, 6.07) is 15.6. The smallest absolute Gasteiger partial charge is 0.267 e. The molecule has 0 radical (unpaired) electrons. The minimum atomic E-state index is -0.175. The van der Waals surface area contributed by atoms with Crippen molar-refractivity contribution >= 4 is 51.7 Å². The molecule has 0 N–H and O–H groups in total. The van der Waals surface area contributed by atoms with Gasteiger partial charge in [0.15, 0.2) is 0 Å². The second kappa shape index (κ2) is 9.95. The molecule has 3 aromatic rings. The van der Waals surface area contributed by atoms with Crippen molar-refractivity contribution < 1.29 is 4.79 Å². The number of hydrogen-bond acceptors (Lipinski definition) is 6. The van der Waals surface area contributed by atoms with Crippen LogP contribution in [0.3, 0.4) is 0 Å². The van der Waals surface area contributed by atoms with E-state index in [0.29, 0.717) is 44.6 Å². The summed E-state index contributed by atoms with van der Waals surface area (Å²) in [5, 5.41) is 0. The van der Waals surface area contributed by atoms with Gasteiger partial charge < -0.3 is 4.90 Å². The van der Waals surface area contributed by atoms with Crippen LogP contribution in [0.25, 0.3) is 11.7 Å². The van der Waals surface area contributed by atoms with Crippen molar-refractivity contribution in [2.75, 3.05) is 24.5 Å². The van der Waals surface area contributed by atoms with Gasteiger partial charge >= 0.3 is 0 Å². The maximum atomic E-state index is 13.6. The number of benzene rings is 1. The predicted octanol–water partition coefficient (Wildman–Crippen LogP) is 4.62. The van der Waals surface area contributed by atoms with Gasteiger partial charge in [-0.3, -0.25) is 18.9 Å². The average molecular weight is 505 g/mol. The van der Waals surface area contributed by atoms with E-state index in [9.17, 15) is 9.59 Å². The molecule has 2 aliphatic rings. The Morgan fingerprint density at radius 1 is 1.06 bits per heavy atom. The number of fused-ring (bicyclic) bond motifs is 1. The fourth-order valence-electron chi connectivity index (χ4n) is 5.00. The molecule has 2 aliphatic heterocycles. The quantitative estimate of drug-likeness (QED) is 0.373. The van der Waals surface area contributed by atoms with Crippen LogP contribution < -0.4 is 10.5 Å². The third kappa shape index (κ3) is 4.90. The maximum Gasteiger partial charge on any atom is 0.267 e. The Hall–Kier alpha value is -2.97. The van der Waals surface area contributed by atoms with Gasteiger partial charge in [0, 0.05) is 25.8 Å². The number of thioether (sulfide) groups is 1. The highest BCUT2D eigenvalue weighted by atomic mass is 32.2. The van der Waals surface area contributed by atoms with Crippen molar-refractivity contribution in [3.8, 4) is 0 Å². The molecule has 5 rings (SSSR count). The van der Waals surface area contributed by atoms with E-state index in [1.807, 2.05) is 48.5 Å². The molecular formula is C27H28N4O2S2. The van der Waals surface area contributed by atoms with Gasteiger partial charge in [-0.25, -0.2) is 4.98 Å². The molecule has 1 amide bonds. The van der Waals surface area contributed by atoms with Gasteiger partial charge in [-0.1, -0.05) is 74.2 Å². The van der Waals surface area contributed by atoms with Gasteiger partial charge in [0.05, 0.1) is 10.5 Å². The number of hydrogen-bond donors (Lipinski definition) is 0. The largest absolute Gasteiger partial charge is 0.355 e. The zero-order valence-corrected chi connectivity index (χ0v) is 21.5. The number of rotatable bonds is 5. The Balaban J connectivity index is 1.51. The molecule has 2 aromatic heterocycles.